The molecule has 1 atom stereocenters. The number of sulfonamides is 1. The first-order valence-electron chi connectivity index (χ1n) is 5.94. The lowest BCUT2D eigenvalue weighted by Crippen LogP contribution is -2.42. The maximum absolute atomic E-state index is 12.0. The molecular formula is C11H23NO4S. The molecule has 1 N–H and O–H groups in total. The number of aliphatic carboxylic acids is 1. The van der Waals surface area contributed by atoms with Gasteiger partial charge in [-0.15, -0.1) is 0 Å². The van der Waals surface area contributed by atoms with Crippen LogP contribution in [0.25, 0.3) is 0 Å². The molecule has 0 aliphatic heterocycles. The maximum atomic E-state index is 12.0. The molecule has 0 aromatic carbocycles. The molecule has 0 heterocycles. The topological polar surface area (TPSA) is 74.7 Å². The highest BCUT2D eigenvalue weighted by Gasteiger charge is 2.27. The van der Waals surface area contributed by atoms with Crippen LogP contribution < -0.4 is 0 Å². The van der Waals surface area contributed by atoms with Crippen LogP contribution in [-0.2, 0) is 14.8 Å². The first kappa shape index (κ1) is 16.4. The Hall–Kier alpha value is -0.620. The zero-order valence-corrected chi connectivity index (χ0v) is 11.8. The summed E-state index contributed by atoms with van der Waals surface area (Å²) in [4.78, 5) is 10.8. The molecule has 0 saturated carbocycles. The minimum absolute atomic E-state index is 0.0407. The normalized spacial score (nSPS) is 14.2. The Morgan fingerprint density at radius 3 is 2.18 bits per heavy atom. The van der Waals surface area contributed by atoms with Crippen LogP contribution in [0.5, 0.6) is 0 Å². The number of carboxylic acids is 1. The van der Waals surface area contributed by atoms with Crippen LogP contribution in [0.15, 0.2) is 0 Å². The summed E-state index contributed by atoms with van der Waals surface area (Å²) >= 11 is 0. The van der Waals surface area contributed by atoms with Crippen molar-refractivity contribution in [1.82, 2.24) is 4.31 Å². The van der Waals surface area contributed by atoms with Crippen LogP contribution in [-0.4, -0.2) is 42.1 Å². The van der Waals surface area contributed by atoms with Crippen LogP contribution in [0.2, 0.25) is 0 Å². The van der Waals surface area contributed by atoms with E-state index in [4.69, 9.17) is 5.11 Å². The van der Waals surface area contributed by atoms with Gasteiger partial charge >= 0.3 is 5.97 Å². The van der Waals surface area contributed by atoms with Crippen molar-refractivity contribution in [2.45, 2.75) is 46.6 Å². The third-order valence-corrected chi connectivity index (χ3v) is 4.65. The van der Waals surface area contributed by atoms with Crippen molar-refractivity contribution in [2.75, 3.05) is 12.3 Å². The molecule has 1 unspecified atom stereocenters. The first-order chi connectivity index (χ1) is 7.72. The van der Waals surface area contributed by atoms with Crippen molar-refractivity contribution in [3.63, 3.8) is 0 Å². The Bertz CT molecular complexity index is 337. The predicted molar refractivity (Wildman–Crippen MR) is 67.3 cm³/mol. The van der Waals surface area contributed by atoms with Crippen LogP contribution in [0, 0.1) is 5.92 Å². The van der Waals surface area contributed by atoms with Gasteiger partial charge in [0.15, 0.2) is 0 Å². The quantitative estimate of drug-likeness (QED) is 0.722. The van der Waals surface area contributed by atoms with E-state index in [1.54, 1.807) is 13.8 Å². The Morgan fingerprint density at radius 1 is 1.29 bits per heavy atom. The van der Waals surface area contributed by atoms with Crippen molar-refractivity contribution in [2.24, 2.45) is 5.92 Å². The van der Waals surface area contributed by atoms with Gasteiger partial charge in [0.2, 0.25) is 10.0 Å². The van der Waals surface area contributed by atoms with E-state index in [9.17, 15) is 13.2 Å². The maximum Gasteiger partial charge on any atom is 0.307 e. The second-order valence-electron chi connectivity index (χ2n) is 4.57. The van der Waals surface area contributed by atoms with Crippen molar-refractivity contribution in [3.05, 3.63) is 0 Å². The average molecular weight is 265 g/mol. The molecule has 0 rings (SSSR count). The fourth-order valence-electron chi connectivity index (χ4n) is 1.44. The molecule has 0 spiro atoms. The van der Waals surface area contributed by atoms with Crippen molar-refractivity contribution < 1.29 is 18.3 Å². The van der Waals surface area contributed by atoms with E-state index in [0.717, 1.165) is 6.42 Å². The van der Waals surface area contributed by atoms with E-state index in [0.29, 0.717) is 6.42 Å². The largest absolute Gasteiger partial charge is 0.481 e. The highest BCUT2D eigenvalue weighted by Crippen LogP contribution is 2.13. The summed E-state index contributed by atoms with van der Waals surface area (Å²) in [5.74, 6) is -1.57. The van der Waals surface area contributed by atoms with Gasteiger partial charge < -0.3 is 5.11 Å². The van der Waals surface area contributed by atoms with Gasteiger partial charge in [0, 0.05) is 12.6 Å². The Morgan fingerprint density at radius 2 is 1.82 bits per heavy atom. The molecule has 0 aliphatic rings. The fourth-order valence-corrected chi connectivity index (χ4v) is 3.42. The molecule has 102 valence electrons. The van der Waals surface area contributed by atoms with Gasteiger partial charge in [-0.05, 0) is 20.3 Å². The monoisotopic (exact) mass is 265 g/mol. The SMILES string of the molecule is CCCCS(=O)(=O)N(CC(C)C(=O)O)C(C)C. The molecule has 6 heteroatoms. The molecule has 0 fully saturated rings. The lowest BCUT2D eigenvalue weighted by atomic mass is 10.2. The second-order valence-corrected chi connectivity index (χ2v) is 6.61. The molecule has 0 bridgehead atoms. The van der Waals surface area contributed by atoms with E-state index in [2.05, 4.69) is 0 Å². The summed E-state index contributed by atoms with van der Waals surface area (Å²) in [6.45, 7) is 7.01. The van der Waals surface area contributed by atoms with E-state index in [-0.39, 0.29) is 18.3 Å². The molecule has 0 aromatic rings. The van der Waals surface area contributed by atoms with Gasteiger partial charge in [0.25, 0.3) is 0 Å². The fraction of sp³-hybridized carbons (Fsp3) is 0.909. The highest BCUT2D eigenvalue weighted by molar-refractivity contribution is 7.89. The number of rotatable bonds is 8. The number of hydrogen-bond donors (Lipinski definition) is 1. The zero-order valence-electron chi connectivity index (χ0n) is 11.0. The zero-order chi connectivity index (χ0) is 13.6. The molecule has 0 amide bonds. The average Bonchev–Trinajstić information content (AvgIpc) is 2.21. The Labute approximate surface area is 104 Å². The number of carbonyl (C=O) groups is 1. The predicted octanol–water partition coefficient (Wildman–Crippen LogP) is 1.55. The van der Waals surface area contributed by atoms with Crippen LogP contribution in [0.1, 0.15) is 40.5 Å². The molecular weight excluding hydrogens is 242 g/mol. The van der Waals surface area contributed by atoms with E-state index in [1.165, 1.54) is 11.2 Å². The molecule has 5 nitrogen and oxygen atoms in total. The van der Waals surface area contributed by atoms with Crippen LogP contribution >= 0.6 is 0 Å². The standard InChI is InChI=1S/C11H23NO4S/c1-5-6-7-17(15,16)12(9(2)3)8-10(4)11(13)14/h9-10H,5-8H2,1-4H3,(H,13,14). The van der Waals surface area contributed by atoms with Gasteiger partial charge in [-0.3, -0.25) is 4.79 Å². The Kier molecular flexibility index (Phi) is 6.70. The number of hydrogen-bond acceptors (Lipinski definition) is 3. The summed E-state index contributed by atoms with van der Waals surface area (Å²) in [7, 11) is -3.34. The minimum Gasteiger partial charge on any atom is -0.481 e. The molecule has 0 aliphatic carbocycles. The van der Waals surface area contributed by atoms with E-state index in [1.807, 2.05) is 6.92 Å². The lowest BCUT2D eigenvalue weighted by Gasteiger charge is -2.27. The molecule has 17 heavy (non-hydrogen) atoms. The molecule has 0 radical (unpaired) electrons. The number of carboxylic acid groups (broad SMARTS) is 1. The third kappa shape index (κ3) is 5.50. The van der Waals surface area contributed by atoms with Gasteiger partial charge in [-0.1, -0.05) is 20.3 Å². The number of unbranched alkanes of at least 4 members (excludes halogenated alkanes) is 1. The molecule has 0 aromatic heterocycles. The summed E-state index contributed by atoms with van der Waals surface area (Å²) < 4.78 is 25.3. The van der Waals surface area contributed by atoms with E-state index >= 15 is 0 Å². The Balaban J connectivity index is 4.79. The van der Waals surface area contributed by atoms with Crippen molar-refractivity contribution in [1.29, 1.82) is 0 Å². The van der Waals surface area contributed by atoms with Gasteiger partial charge in [0.1, 0.15) is 0 Å². The lowest BCUT2D eigenvalue weighted by molar-refractivity contribution is -0.141. The second kappa shape index (κ2) is 6.96. The summed E-state index contributed by atoms with van der Waals surface area (Å²) in [5, 5.41) is 8.83. The van der Waals surface area contributed by atoms with Crippen LogP contribution in [0.4, 0.5) is 0 Å². The van der Waals surface area contributed by atoms with Gasteiger partial charge in [-0.2, -0.15) is 4.31 Å². The molecule has 0 saturated heterocycles. The first-order valence-corrected chi connectivity index (χ1v) is 7.55. The highest BCUT2D eigenvalue weighted by atomic mass is 32.2. The van der Waals surface area contributed by atoms with Crippen molar-refractivity contribution in [3.8, 4) is 0 Å². The smallest absolute Gasteiger partial charge is 0.307 e. The van der Waals surface area contributed by atoms with E-state index < -0.39 is 21.9 Å². The van der Waals surface area contributed by atoms with Crippen LogP contribution in [0.3, 0.4) is 0 Å². The van der Waals surface area contributed by atoms with Gasteiger partial charge in [-0.25, -0.2) is 8.42 Å². The number of nitrogens with zero attached hydrogens (tertiary/aromatic N) is 1. The van der Waals surface area contributed by atoms with Gasteiger partial charge in [0.05, 0.1) is 11.7 Å². The van der Waals surface area contributed by atoms with Crippen molar-refractivity contribution >= 4 is 16.0 Å². The minimum atomic E-state index is -3.34. The summed E-state index contributed by atoms with van der Waals surface area (Å²) in [5.41, 5.74) is 0. The third-order valence-electron chi connectivity index (χ3n) is 2.56. The summed E-state index contributed by atoms with van der Waals surface area (Å²) in [6, 6.07) is -0.210. The summed E-state index contributed by atoms with van der Waals surface area (Å²) in [6.07, 6.45) is 1.41.